The van der Waals surface area contributed by atoms with Crippen LogP contribution >= 0.6 is 11.3 Å². The third-order valence-corrected chi connectivity index (χ3v) is 6.89. The molecule has 3 aromatic rings. The van der Waals surface area contributed by atoms with E-state index in [2.05, 4.69) is 20.8 Å². The first-order chi connectivity index (χ1) is 14.9. The average Bonchev–Trinajstić information content (AvgIpc) is 3.21. The summed E-state index contributed by atoms with van der Waals surface area (Å²) in [6.07, 6.45) is 0.509. The van der Waals surface area contributed by atoms with E-state index in [1.54, 1.807) is 48.5 Å². The summed E-state index contributed by atoms with van der Waals surface area (Å²) in [5.41, 5.74) is 1.22. The highest BCUT2D eigenvalue weighted by molar-refractivity contribution is 7.90. The van der Waals surface area contributed by atoms with Crippen molar-refractivity contribution in [3.63, 3.8) is 0 Å². The summed E-state index contributed by atoms with van der Waals surface area (Å²) < 4.78 is 24.6. The van der Waals surface area contributed by atoms with Crippen LogP contribution in [0.15, 0.2) is 54.6 Å². The van der Waals surface area contributed by atoms with Gasteiger partial charge in [0.25, 0.3) is 5.91 Å². The van der Waals surface area contributed by atoms with E-state index in [4.69, 9.17) is 0 Å². The van der Waals surface area contributed by atoms with Gasteiger partial charge in [-0.25, -0.2) is 8.42 Å². The third-order valence-electron chi connectivity index (χ3n) is 4.31. The second-order valence-electron chi connectivity index (χ2n) is 6.73. The number of amides is 2. The Balaban J connectivity index is 1.60. The van der Waals surface area contributed by atoms with Gasteiger partial charge in [-0.3, -0.25) is 14.9 Å². The number of hydrogen-bond acceptors (Lipinski definition) is 7. The quantitative estimate of drug-likeness (QED) is 0.508. The number of benzene rings is 2. The zero-order valence-electron chi connectivity index (χ0n) is 16.9. The van der Waals surface area contributed by atoms with E-state index in [0.29, 0.717) is 22.8 Å². The Morgan fingerprint density at radius 1 is 0.968 bits per heavy atom. The summed E-state index contributed by atoms with van der Waals surface area (Å²) in [7, 11) is -3.44. The minimum atomic E-state index is -3.44. The summed E-state index contributed by atoms with van der Waals surface area (Å²) in [6.45, 7) is 1.94. The van der Waals surface area contributed by atoms with Crippen LogP contribution in [-0.4, -0.2) is 36.2 Å². The van der Waals surface area contributed by atoms with Gasteiger partial charge in [0.1, 0.15) is 5.01 Å². The van der Waals surface area contributed by atoms with Crippen molar-refractivity contribution in [3.05, 3.63) is 70.7 Å². The molecule has 3 rings (SSSR count). The van der Waals surface area contributed by atoms with Crippen molar-refractivity contribution >= 4 is 43.8 Å². The number of rotatable bonds is 9. The first kappa shape index (κ1) is 22.6. The fourth-order valence-electron chi connectivity index (χ4n) is 2.76. The number of carbonyl (C=O) groups excluding carboxylic acids is 2. The molecule has 1 aromatic heterocycles. The van der Waals surface area contributed by atoms with Crippen LogP contribution in [0, 0.1) is 0 Å². The molecule has 0 aliphatic rings. The van der Waals surface area contributed by atoms with E-state index in [1.807, 2.05) is 13.0 Å². The molecule has 1 heterocycles. The number of hydrogen-bond donors (Lipinski definition) is 2. The number of aryl methyl sites for hydroxylation is 1. The van der Waals surface area contributed by atoms with Crippen LogP contribution in [0.25, 0.3) is 0 Å². The van der Waals surface area contributed by atoms with Crippen molar-refractivity contribution in [2.45, 2.75) is 25.5 Å². The normalized spacial score (nSPS) is 11.1. The second-order valence-corrected chi connectivity index (χ2v) is 9.98. The standard InChI is InChI=1S/C21H22N4O4S2/c1-2-19-24-25-21(30-19)23-20(27)16-10-6-7-11-17(16)22-18(26)12-13-31(28,29)14-15-8-4-3-5-9-15/h3-11H,2,12-14H2,1H3,(H,22,26)(H,23,25,27). The van der Waals surface area contributed by atoms with Gasteiger partial charge in [-0.1, -0.05) is 60.7 Å². The molecule has 0 spiro atoms. The van der Waals surface area contributed by atoms with Crippen LogP contribution in [0.5, 0.6) is 0 Å². The molecule has 2 aromatic carbocycles. The minimum absolute atomic E-state index is 0.123. The summed E-state index contributed by atoms with van der Waals surface area (Å²) >= 11 is 1.28. The van der Waals surface area contributed by atoms with Crippen LogP contribution in [0.1, 0.15) is 34.3 Å². The number of aromatic nitrogens is 2. The fourth-order valence-corrected chi connectivity index (χ4v) is 4.78. The Kier molecular flexibility index (Phi) is 7.48. The van der Waals surface area contributed by atoms with Crippen LogP contribution in [0.4, 0.5) is 10.8 Å². The van der Waals surface area contributed by atoms with Gasteiger partial charge in [-0.15, -0.1) is 10.2 Å². The van der Waals surface area contributed by atoms with Gasteiger partial charge in [-0.05, 0) is 24.1 Å². The molecule has 31 heavy (non-hydrogen) atoms. The van der Waals surface area contributed by atoms with Gasteiger partial charge >= 0.3 is 0 Å². The molecule has 0 atom stereocenters. The number of para-hydroxylation sites is 1. The summed E-state index contributed by atoms with van der Waals surface area (Å²) in [5, 5.41) is 14.3. The maximum Gasteiger partial charge on any atom is 0.259 e. The summed E-state index contributed by atoms with van der Waals surface area (Å²) in [6, 6.07) is 15.3. The van der Waals surface area contributed by atoms with Crippen molar-refractivity contribution in [3.8, 4) is 0 Å². The Morgan fingerprint density at radius 2 is 1.68 bits per heavy atom. The molecule has 162 valence electrons. The van der Waals surface area contributed by atoms with Crippen molar-refractivity contribution in [1.29, 1.82) is 0 Å². The molecule has 0 aliphatic heterocycles. The number of sulfone groups is 1. The predicted octanol–water partition coefficient (Wildman–Crippen LogP) is 3.30. The lowest BCUT2D eigenvalue weighted by molar-refractivity contribution is -0.115. The van der Waals surface area contributed by atoms with Crippen molar-refractivity contribution in [1.82, 2.24) is 10.2 Å². The van der Waals surface area contributed by atoms with Gasteiger partial charge in [0, 0.05) is 6.42 Å². The molecule has 2 N–H and O–H groups in total. The van der Waals surface area contributed by atoms with Crippen LogP contribution in [0.3, 0.4) is 0 Å². The number of anilines is 2. The third kappa shape index (κ3) is 6.69. The van der Waals surface area contributed by atoms with E-state index in [0.717, 1.165) is 5.01 Å². The molecule has 0 unspecified atom stereocenters. The Hall–Kier alpha value is -3.11. The van der Waals surface area contributed by atoms with E-state index in [9.17, 15) is 18.0 Å². The largest absolute Gasteiger partial charge is 0.325 e. The Morgan fingerprint density at radius 3 is 2.39 bits per heavy atom. The summed E-state index contributed by atoms with van der Waals surface area (Å²) in [4.78, 5) is 25.0. The molecule has 0 fully saturated rings. The maximum absolute atomic E-state index is 12.6. The van der Waals surface area contributed by atoms with E-state index < -0.39 is 21.7 Å². The zero-order valence-corrected chi connectivity index (χ0v) is 18.5. The molecular formula is C21H22N4O4S2. The topological polar surface area (TPSA) is 118 Å². The van der Waals surface area contributed by atoms with Gasteiger partial charge in [0.05, 0.1) is 22.8 Å². The number of nitrogens with zero attached hydrogens (tertiary/aromatic N) is 2. The molecule has 0 aliphatic carbocycles. The van der Waals surface area contributed by atoms with Crippen LogP contribution in [-0.2, 0) is 26.8 Å². The monoisotopic (exact) mass is 458 g/mol. The lowest BCUT2D eigenvalue weighted by Gasteiger charge is -2.11. The highest BCUT2D eigenvalue weighted by Gasteiger charge is 2.18. The zero-order chi connectivity index (χ0) is 22.3. The van der Waals surface area contributed by atoms with Crippen LogP contribution in [0.2, 0.25) is 0 Å². The fraction of sp³-hybridized carbons (Fsp3) is 0.238. The SMILES string of the molecule is CCc1nnc(NC(=O)c2ccccc2NC(=O)CCS(=O)(=O)Cc2ccccc2)s1. The smallest absolute Gasteiger partial charge is 0.259 e. The molecule has 2 amide bonds. The minimum Gasteiger partial charge on any atom is -0.325 e. The van der Waals surface area contributed by atoms with Crippen LogP contribution < -0.4 is 10.6 Å². The first-order valence-electron chi connectivity index (χ1n) is 9.63. The molecule has 10 heteroatoms. The lowest BCUT2D eigenvalue weighted by atomic mass is 10.1. The highest BCUT2D eigenvalue weighted by Crippen LogP contribution is 2.20. The first-order valence-corrected chi connectivity index (χ1v) is 12.3. The summed E-state index contributed by atoms with van der Waals surface area (Å²) in [5.74, 6) is -1.33. The van der Waals surface area contributed by atoms with Gasteiger partial charge in [-0.2, -0.15) is 0 Å². The molecular weight excluding hydrogens is 436 g/mol. The number of nitrogens with one attached hydrogen (secondary N) is 2. The highest BCUT2D eigenvalue weighted by atomic mass is 32.2. The van der Waals surface area contributed by atoms with Gasteiger partial charge in [0.15, 0.2) is 9.84 Å². The lowest BCUT2D eigenvalue weighted by Crippen LogP contribution is -2.21. The van der Waals surface area contributed by atoms with E-state index >= 15 is 0 Å². The maximum atomic E-state index is 12.6. The Bertz CT molecular complexity index is 1160. The molecule has 8 nitrogen and oxygen atoms in total. The van der Waals surface area contributed by atoms with E-state index in [1.165, 1.54) is 11.3 Å². The Labute approximate surface area is 184 Å². The van der Waals surface area contributed by atoms with E-state index in [-0.39, 0.29) is 23.5 Å². The van der Waals surface area contributed by atoms with Crippen molar-refractivity contribution < 1.29 is 18.0 Å². The molecule has 0 bridgehead atoms. The van der Waals surface area contributed by atoms with Crippen molar-refractivity contribution in [2.24, 2.45) is 0 Å². The van der Waals surface area contributed by atoms with Gasteiger partial charge in [0.2, 0.25) is 11.0 Å². The second kappa shape index (κ2) is 10.3. The molecule has 0 radical (unpaired) electrons. The number of carbonyl (C=O) groups is 2. The molecule has 0 saturated carbocycles. The molecule has 0 saturated heterocycles. The predicted molar refractivity (Wildman–Crippen MR) is 121 cm³/mol. The van der Waals surface area contributed by atoms with Gasteiger partial charge < -0.3 is 5.32 Å². The van der Waals surface area contributed by atoms with Crippen molar-refractivity contribution in [2.75, 3.05) is 16.4 Å². The average molecular weight is 459 g/mol.